The van der Waals surface area contributed by atoms with Gasteiger partial charge in [0.2, 0.25) is 0 Å². The Morgan fingerprint density at radius 2 is 1.64 bits per heavy atom. The maximum absolute atomic E-state index is 6.06. The molecule has 0 spiro atoms. The highest BCUT2D eigenvalue weighted by molar-refractivity contribution is 7.98. The molecule has 0 fully saturated rings. The molecule has 0 aliphatic heterocycles. The van der Waals surface area contributed by atoms with E-state index in [0.29, 0.717) is 29.0 Å². The van der Waals surface area contributed by atoms with Crippen molar-refractivity contribution in [1.29, 1.82) is 0 Å². The number of benzene rings is 3. The predicted molar refractivity (Wildman–Crippen MR) is 124 cm³/mol. The Bertz CT molecular complexity index is 889. The standard InChI is InChI=1S/C22H21ClN2OS2/c23-20-8-4-5-9-21(20)26-15-14-24-22(27)25-18-12-10-17(11-13-18)16-28-19-6-2-1-3-7-19/h1-13H,14-16H2,(H2,24,25,27). The van der Waals surface area contributed by atoms with Crippen LogP contribution in [-0.4, -0.2) is 18.3 Å². The summed E-state index contributed by atoms with van der Waals surface area (Å²) >= 11 is 13.2. The van der Waals surface area contributed by atoms with E-state index in [4.69, 9.17) is 28.6 Å². The molecular formula is C22H21ClN2OS2. The highest BCUT2D eigenvalue weighted by Gasteiger charge is 2.01. The van der Waals surface area contributed by atoms with E-state index < -0.39 is 0 Å². The van der Waals surface area contributed by atoms with Gasteiger partial charge in [-0.05, 0) is 54.2 Å². The minimum atomic E-state index is 0.473. The van der Waals surface area contributed by atoms with E-state index in [1.807, 2.05) is 48.2 Å². The topological polar surface area (TPSA) is 33.3 Å². The molecule has 0 aromatic heterocycles. The third kappa shape index (κ3) is 6.75. The number of halogens is 1. The molecule has 0 aliphatic rings. The van der Waals surface area contributed by atoms with Gasteiger partial charge in [-0.25, -0.2) is 0 Å². The van der Waals surface area contributed by atoms with Crippen molar-refractivity contribution in [3.8, 4) is 5.75 Å². The number of hydrogen-bond donors (Lipinski definition) is 2. The van der Waals surface area contributed by atoms with Crippen LogP contribution in [0.1, 0.15) is 5.56 Å². The first kappa shape index (κ1) is 20.5. The second-order valence-electron chi connectivity index (χ2n) is 5.96. The van der Waals surface area contributed by atoms with Crippen LogP contribution in [0.3, 0.4) is 0 Å². The van der Waals surface area contributed by atoms with Crippen molar-refractivity contribution in [2.24, 2.45) is 0 Å². The summed E-state index contributed by atoms with van der Waals surface area (Å²) in [6, 6.07) is 26.1. The van der Waals surface area contributed by atoms with Crippen molar-refractivity contribution in [2.75, 3.05) is 18.5 Å². The third-order valence-corrected chi connectivity index (χ3v) is 5.48. The smallest absolute Gasteiger partial charge is 0.170 e. The highest BCUT2D eigenvalue weighted by Crippen LogP contribution is 2.23. The van der Waals surface area contributed by atoms with Gasteiger partial charge in [0.1, 0.15) is 12.4 Å². The molecule has 0 atom stereocenters. The number of hydrogen-bond acceptors (Lipinski definition) is 3. The molecule has 144 valence electrons. The first-order valence-corrected chi connectivity index (χ1v) is 10.7. The summed E-state index contributed by atoms with van der Waals surface area (Å²) in [6.45, 7) is 1.06. The van der Waals surface area contributed by atoms with Gasteiger partial charge in [0.15, 0.2) is 5.11 Å². The lowest BCUT2D eigenvalue weighted by Crippen LogP contribution is -2.31. The second kappa shape index (κ2) is 11.0. The van der Waals surface area contributed by atoms with Gasteiger partial charge in [-0.1, -0.05) is 54.1 Å². The van der Waals surface area contributed by atoms with Crippen molar-refractivity contribution >= 4 is 46.4 Å². The largest absolute Gasteiger partial charge is 0.490 e. The van der Waals surface area contributed by atoms with E-state index in [9.17, 15) is 0 Å². The molecule has 0 heterocycles. The zero-order chi connectivity index (χ0) is 19.6. The van der Waals surface area contributed by atoms with Crippen LogP contribution in [-0.2, 0) is 5.75 Å². The fourth-order valence-electron chi connectivity index (χ4n) is 2.43. The minimum Gasteiger partial charge on any atom is -0.490 e. The quantitative estimate of drug-likeness (QED) is 0.261. The summed E-state index contributed by atoms with van der Waals surface area (Å²) in [5.74, 6) is 1.61. The van der Waals surface area contributed by atoms with E-state index in [1.54, 1.807) is 6.07 Å². The normalized spacial score (nSPS) is 10.3. The van der Waals surface area contributed by atoms with Crippen molar-refractivity contribution in [3.05, 3.63) is 89.4 Å². The molecule has 0 radical (unpaired) electrons. The summed E-state index contributed by atoms with van der Waals surface area (Å²) in [4.78, 5) is 1.27. The summed E-state index contributed by atoms with van der Waals surface area (Å²) in [5.41, 5.74) is 2.23. The molecule has 2 N–H and O–H groups in total. The zero-order valence-corrected chi connectivity index (χ0v) is 17.6. The molecule has 28 heavy (non-hydrogen) atoms. The van der Waals surface area contributed by atoms with Gasteiger partial charge < -0.3 is 15.4 Å². The summed E-state index contributed by atoms with van der Waals surface area (Å²) in [6.07, 6.45) is 0. The molecule has 0 unspecified atom stereocenters. The van der Waals surface area contributed by atoms with Crippen LogP contribution in [0.4, 0.5) is 5.69 Å². The lowest BCUT2D eigenvalue weighted by atomic mass is 10.2. The third-order valence-electron chi connectivity index (χ3n) is 3.84. The number of para-hydroxylation sites is 1. The Morgan fingerprint density at radius 3 is 2.39 bits per heavy atom. The van der Waals surface area contributed by atoms with E-state index >= 15 is 0 Å². The number of anilines is 1. The van der Waals surface area contributed by atoms with Crippen LogP contribution in [0.25, 0.3) is 0 Å². The Morgan fingerprint density at radius 1 is 0.929 bits per heavy atom. The predicted octanol–water partition coefficient (Wildman–Crippen LogP) is 6.00. The van der Waals surface area contributed by atoms with Crippen LogP contribution in [0.15, 0.2) is 83.8 Å². The van der Waals surface area contributed by atoms with E-state index in [2.05, 4.69) is 47.0 Å². The Balaban J connectivity index is 1.37. The number of ether oxygens (including phenoxy) is 1. The molecule has 3 rings (SSSR count). The van der Waals surface area contributed by atoms with Gasteiger partial charge in [-0.3, -0.25) is 0 Å². The van der Waals surface area contributed by atoms with Gasteiger partial charge in [0, 0.05) is 16.3 Å². The van der Waals surface area contributed by atoms with Crippen LogP contribution in [0.5, 0.6) is 5.75 Å². The summed E-state index contributed by atoms with van der Waals surface area (Å²) in [7, 11) is 0. The number of rotatable bonds is 8. The van der Waals surface area contributed by atoms with E-state index in [0.717, 1.165) is 11.4 Å². The molecule has 3 aromatic rings. The molecule has 0 amide bonds. The lowest BCUT2D eigenvalue weighted by molar-refractivity contribution is 0.323. The van der Waals surface area contributed by atoms with Crippen LogP contribution >= 0.6 is 35.6 Å². The van der Waals surface area contributed by atoms with E-state index in [-0.39, 0.29) is 0 Å². The van der Waals surface area contributed by atoms with Crippen molar-refractivity contribution in [1.82, 2.24) is 5.32 Å². The molecule has 3 nitrogen and oxygen atoms in total. The molecule has 3 aromatic carbocycles. The molecule has 0 saturated carbocycles. The van der Waals surface area contributed by atoms with Crippen molar-refractivity contribution in [3.63, 3.8) is 0 Å². The van der Waals surface area contributed by atoms with Crippen LogP contribution in [0.2, 0.25) is 5.02 Å². The number of thioether (sulfide) groups is 1. The Kier molecular flexibility index (Phi) is 8.03. The van der Waals surface area contributed by atoms with Gasteiger partial charge in [0.05, 0.1) is 11.6 Å². The zero-order valence-electron chi connectivity index (χ0n) is 15.2. The molecular weight excluding hydrogens is 408 g/mol. The van der Waals surface area contributed by atoms with Gasteiger partial charge in [-0.15, -0.1) is 11.8 Å². The van der Waals surface area contributed by atoms with Gasteiger partial charge >= 0.3 is 0 Å². The average Bonchev–Trinajstić information content (AvgIpc) is 2.73. The summed E-state index contributed by atoms with van der Waals surface area (Å²) < 4.78 is 5.63. The lowest BCUT2D eigenvalue weighted by Gasteiger charge is -2.12. The Hall–Kier alpha value is -2.21. The average molecular weight is 429 g/mol. The number of thiocarbonyl (C=S) groups is 1. The van der Waals surface area contributed by atoms with Gasteiger partial charge in [-0.2, -0.15) is 0 Å². The SMILES string of the molecule is S=C(NCCOc1ccccc1Cl)Nc1ccc(CSc2ccccc2)cc1. The van der Waals surface area contributed by atoms with Crippen molar-refractivity contribution < 1.29 is 4.74 Å². The maximum atomic E-state index is 6.06. The van der Waals surface area contributed by atoms with Crippen LogP contribution in [0, 0.1) is 0 Å². The number of nitrogens with one attached hydrogen (secondary N) is 2. The van der Waals surface area contributed by atoms with Crippen LogP contribution < -0.4 is 15.4 Å². The molecule has 0 aliphatic carbocycles. The second-order valence-corrected chi connectivity index (χ2v) is 7.82. The highest BCUT2D eigenvalue weighted by atomic mass is 35.5. The fourth-order valence-corrected chi connectivity index (χ4v) is 3.72. The molecule has 0 bridgehead atoms. The monoisotopic (exact) mass is 428 g/mol. The summed E-state index contributed by atoms with van der Waals surface area (Å²) in [5, 5.41) is 7.48. The van der Waals surface area contributed by atoms with Gasteiger partial charge in [0.25, 0.3) is 0 Å². The van der Waals surface area contributed by atoms with Crippen molar-refractivity contribution in [2.45, 2.75) is 10.6 Å². The first-order chi connectivity index (χ1) is 13.7. The minimum absolute atomic E-state index is 0.473. The molecule has 6 heteroatoms. The Labute approximate surface area is 180 Å². The molecule has 0 saturated heterocycles. The van der Waals surface area contributed by atoms with E-state index in [1.165, 1.54) is 10.5 Å². The maximum Gasteiger partial charge on any atom is 0.170 e. The fraction of sp³-hybridized carbons (Fsp3) is 0.136. The first-order valence-electron chi connectivity index (χ1n) is 8.90.